The smallest absolute Gasteiger partial charge is 0.138 e. The van der Waals surface area contributed by atoms with Gasteiger partial charge in [-0.2, -0.15) is 0 Å². The molecule has 0 unspecified atom stereocenters. The fourth-order valence-corrected chi connectivity index (χ4v) is 1.87. The van der Waals surface area contributed by atoms with Gasteiger partial charge in [0.25, 0.3) is 0 Å². The zero-order valence-corrected chi connectivity index (χ0v) is 9.85. The van der Waals surface area contributed by atoms with Gasteiger partial charge < -0.3 is 15.5 Å². The molecule has 0 atom stereocenters. The van der Waals surface area contributed by atoms with Crippen LogP contribution in [0.2, 0.25) is 5.02 Å². The molecule has 0 amide bonds. The summed E-state index contributed by atoms with van der Waals surface area (Å²) in [4.78, 5) is 0. The Kier molecular flexibility index (Phi) is 3.64. The van der Waals surface area contributed by atoms with Crippen molar-refractivity contribution in [2.45, 2.75) is 13.0 Å². The van der Waals surface area contributed by atoms with Crippen LogP contribution in [0.3, 0.4) is 0 Å². The van der Waals surface area contributed by atoms with Crippen LogP contribution in [-0.2, 0) is 13.0 Å². The molecule has 1 aromatic rings. The van der Waals surface area contributed by atoms with Gasteiger partial charge >= 0.3 is 0 Å². The lowest BCUT2D eigenvalue weighted by Gasteiger charge is -2.19. The van der Waals surface area contributed by atoms with Crippen LogP contribution in [0, 0.1) is 0 Å². The average Bonchev–Trinajstić information content (AvgIpc) is 2.15. The van der Waals surface area contributed by atoms with Gasteiger partial charge in [0.2, 0.25) is 0 Å². The van der Waals surface area contributed by atoms with Crippen LogP contribution in [-0.4, -0.2) is 16.8 Å². The van der Waals surface area contributed by atoms with Crippen LogP contribution in [0.15, 0.2) is 6.07 Å². The summed E-state index contributed by atoms with van der Waals surface area (Å²) in [6, 6.07) is 1.29. The molecule has 1 heterocycles. The summed E-state index contributed by atoms with van der Waals surface area (Å²) in [5.41, 5.74) is 1.66. The lowest BCUT2D eigenvalue weighted by Crippen LogP contribution is -2.23. The fourth-order valence-electron chi connectivity index (χ4n) is 1.61. The number of hydrogen-bond donors (Lipinski definition) is 3. The molecular weight excluding hydrogens is 269 g/mol. The van der Waals surface area contributed by atoms with Crippen LogP contribution in [0.1, 0.15) is 11.1 Å². The number of aromatic hydroxyl groups is 2. The first-order valence-electron chi connectivity index (χ1n) is 4.13. The van der Waals surface area contributed by atoms with E-state index >= 15 is 0 Å². The predicted molar refractivity (Wildman–Crippen MR) is 60.5 cm³/mol. The molecule has 3 nitrogen and oxygen atoms in total. The van der Waals surface area contributed by atoms with Gasteiger partial charge in [-0.1, -0.05) is 11.6 Å². The monoisotopic (exact) mass is 279 g/mol. The Hall–Kier alpha value is -0.450. The minimum atomic E-state index is -0.0418. The summed E-state index contributed by atoms with van der Waals surface area (Å²) < 4.78 is 0. The molecule has 78 valence electrons. The van der Waals surface area contributed by atoms with E-state index in [-0.39, 0.29) is 28.5 Å². The summed E-state index contributed by atoms with van der Waals surface area (Å²) in [5, 5.41) is 22.3. The van der Waals surface area contributed by atoms with E-state index in [2.05, 4.69) is 5.32 Å². The fraction of sp³-hybridized carbons (Fsp3) is 0.333. The van der Waals surface area contributed by atoms with E-state index in [0.717, 1.165) is 24.1 Å². The molecule has 1 aromatic carbocycles. The van der Waals surface area contributed by atoms with E-state index in [1.165, 1.54) is 6.07 Å². The Balaban J connectivity index is 0.000000980. The topological polar surface area (TPSA) is 52.5 Å². The number of rotatable bonds is 0. The van der Waals surface area contributed by atoms with Crippen molar-refractivity contribution in [3.05, 3.63) is 22.2 Å². The molecular formula is C9H11BrClNO2. The van der Waals surface area contributed by atoms with Gasteiger partial charge in [-0.25, -0.2) is 0 Å². The summed E-state index contributed by atoms with van der Waals surface area (Å²) in [5.74, 6) is 0.0731. The molecule has 0 radical (unpaired) electrons. The summed E-state index contributed by atoms with van der Waals surface area (Å²) in [6.45, 7) is 1.44. The summed E-state index contributed by atoms with van der Waals surface area (Å²) >= 11 is 5.89. The maximum atomic E-state index is 9.50. The predicted octanol–water partition coefficient (Wildman–Crippen LogP) is 1.97. The lowest BCUT2D eigenvalue weighted by atomic mass is 9.99. The molecule has 0 bridgehead atoms. The molecule has 3 N–H and O–H groups in total. The molecule has 14 heavy (non-hydrogen) atoms. The second kappa shape index (κ2) is 4.38. The van der Waals surface area contributed by atoms with E-state index < -0.39 is 0 Å². The maximum Gasteiger partial charge on any atom is 0.138 e. The average molecular weight is 281 g/mol. The number of phenols is 2. The van der Waals surface area contributed by atoms with Gasteiger partial charge in [-0.3, -0.25) is 0 Å². The van der Waals surface area contributed by atoms with Crippen molar-refractivity contribution in [2.24, 2.45) is 0 Å². The van der Waals surface area contributed by atoms with Crippen molar-refractivity contribution < 1.29 is 10.2 Å². The normalized spacial score (nSPS) is 14.4. The number of fused-ring (bicyclic) bond motifs is 1. The van der Waals surface area contributed by atoms with Crippen LogP contribution in [0.25, 0.3) is 0 Å². The van der Waals surface area contributed by atoms with E-state index in [0.29, 0.717) is 11.6 Å². The SMILES string of the molecule is Br.Oc1cc(O)c2c(c1Cl)CCNC2. The molecule has 0 spiro atoms. The van der Waals surface area contributed by atoms with E-state index in [1.807, 2.05) is 0 Å². The molecule has 1 aliphatic heterocycles. The zero-order chi connectivity index (χ0) is 9.42. The molecule has 1 aliphatic rings. The molecule has 0 aliphatic carbocycles. The zero-order valence-electron chi connectivity index (χ0n) is 7.38. The molecule has 0 aromatic heterocycles. The second-order valence-corrected chi connectivity index (χ2v) is 3.49. The number of phenolic OH excluding ortho intramolecular Hbond substituents is 2. The first-order chi connectivity index (χ1) is 6.20. The first-order valence-corrected chi connectivity index (χ1v) is 4.51. The van der Waals surface area contributed by atoms with Crippen LogP contribution in [0.5, 0.6) is 11.5 Å². The largest absolute Gasteiger partial charge is 0.507 e. The van der Waals surface area contributed by atoms with Gasteiger partial charge in [0.1, 0.15) is 11.5 Å². The molecule has 0 fully saturated rings. The minimum Gasteiger partial charge on any atom is -0.507 e. The highest BCUT2D eigenvalue weighted by Gasteiger charge is 2.18. The second-order valence-electron chi connectivity index (χ2n) is 3.11. The quantitative estimate of drug-likeness (QED) is 0.681. The number of hydrogen-bond acceptors (Lipinski definition) is 3. The van der Waals surface area contributed by atoms with Gasteiger partial charge in [-0.15, -0.1) is 17.0 Å². The molecule has 0 saturated carbocycles. The van der Waals surface area contributed by atoms with Crippen molar-refractivity contribution in [1.82, 2.24) is 5.32 Å². The Labute approximate surface area is 97.5 Å². The number of halogens is 2. The highest BCUT2D eigenvalue weighted by atomic mass is 79.9. The van der Waals surface area contributed by atoms with Gasteiger partial charge in [0.05, 0.1) is 5.02 Å². The third kappa shape index (κ3) is 1.82. The van der Waals surface area contributed by atoms with Crippen LogP contribution in [0.4, 0.5) is 0 Å². The Morgan fingerprint density at radius 1 is 1.21 bits per heavy atom. The Morgan fingerprint density at radius 3 is 2.64 bits per heavy atom. The van der Waals surface area contributed by atoms with Gasteiger partial charge in [0.15, 0.2) is 0 Å². The minimum absolute atomic E-state index is 0. The van der Waals surface area contributed by atoms with Crippen molar-refractivity contribution >= 4 is 28.6 Å². The van der Waals surface area contributed by atoms with Crippen molar-refractivity contribution in [3.63, 3.8) is 0 Å². The van der Waals surface area contributed by atoms with Crippen LogP contribution >= 0.6 is 28.6 Å². The Morgan fingerprint density at radius 2 is 1.93 bits per heavy atom. The molecule has 5 heteroatoms. The maximum absolute atomic E-state index is 9.50. The van der Waals surface area contributed by atoms with Crippen LogP contribution < -0.4 is 5.32 Å². The standard InChI is InChI=1S/C9H10ClNO2.BrH/c10-9-5-1-2-11-4-6(5)7(12)3-8(9)13;/h3,11-13H,1-2,4H2;1H. The molecule has 2 rings (SSSR count). The highest BCUT2D eigenvalue weighted by molar-refractivity contribution is 8.93. The first kappa shape index (κ1) is 11.6. The van der Waals surface area contributed by atoms with E-state index in [1.54, 1.807) is 0 Å². The van der Waals surface area contributed by atoms with E-state index in [9.17, 15) is 10.2 Å². The number of benzene rings is 1. The van der Waals surface area contributed by atoms with Crippen molar-refractivity contribution in [1.29, 1.82) is 0 Å². The van der Waals surface area contributed by atoms with Gasteiger partial charge in [0, 0.05) is 18.2 Å². The van der Waals surface area contributed by atoms with E-state index in [4.69, 9.17) is 11.6 Å². The van der Waals surface area contributed by atoms with Gasteiger partial charge in [-0.05, 0) is 18.5 Å². The van der Waals surface area contributed by atoms with Crippen molar-refractivity contribution in [2.75, 3.05) is 6.54 Å². The third-order valence-corrected chi connectivity index (χ3v) is 2.71. The Bertz CT molecular complexity index is 357. The lowest BCUT2D eigenvalue weighted by molar-refractivity contribution is 0.438. The third-order valence-electron chi connectivity index (χ3n) is 2.29. The van der Waals surface area contributed by atoms with Crippen molar-refractivity contribution in [3.8, 4) is 11.5 Å². The number of nitrogens with one attached hydrogen (secondary N) is 1. The summed E-state index contributed by atoms with van der Waals surface area (Å²) in [7, 11) is 0. The summed E-state index contributed by atoms with van der Waals surface area (Å²) in [6.07, 6.45) is 0.746. The molecule has 0 saturated heterocycles. The highest BCUT2D eigenvalue weighted by Crippen LogP contribution is 2.37.